The SMILES string of the molecule is CC(=O)c1ccc(OC(=O)c2ccc(CNC(=O)OC(C)(C)C)cc2)cc1. The minimum Gasteiger partial charge on any atom is -0.444 e. The predicted molar refractivity (Wildman–Crippen MR) is 101 cm³/mol. The fraction of sp³-hybridized carbons (Fsp3) is 0.286. The number of ether oxygens (including phenoxy) is 2. The Kier molecular flexibility index (Phi) is 6.34. The van der Waals surface area contributed by atoms with Crippen LogP contribution in [0.4, 0.5) is 4.79 Å². The second-order valence-electron chi connectivity index (χ2n) is 7.02. The number of esters is 1. The molecule has 1 N–H and O–H groups in total. The van der Waals surface area contributed by atoms with E-state index in [2.05, 4.69) is 5.32 Å². The zero-order valence-electron chi connectivity index (χ0n) is 15.9. The van der Waals surface area contributed by atoms with Gasteiger partial charge in [-0.1, -0.05) is 12.1 Å². The normalized spacial score (nSPS) is 10.8. The standard InChI is InChI=1S/C21H23NO5/c1-14(23)16-9-11-18(12-10-16)26-19(24)17-7-5-15(6-8-17)13-22-20(25)27-21(2,3)4/h5-12H,13H2,1-4H3,(H,22,25). The van der Waals surface area contributed by atoms with Gasteiger partial charge in [0.15, 0.2) is 5.78 Å². The Bertz CT molecular complexity index is 817. The summed E-state index contributed by atoms with van der Waals surface area (Å²) < 4.78 is 10.5. The molecule has 27 heavy (non-hydrogen) atoms. The van der Waals surface area contributed by atoms with Crippen LogP contribution in [0.1, 0.15) is 54.0 Å². The molecular formula is C21H23NO5. The Morgan fingerprint density at radius 3 is 1.96 bits per heavy atom. The number of hydrogen-bond donors (Lipinski definition) is 1. The van der Waals surface area contributed by atoms with E-state index in [1.165, 1.54) is 6.92 Å². The van der Waals surface area contributed by atoms with Crippen molar-refractivity contribution in [1.29, 1.82) is 0 Å². The van der Waals surface area contributed by atoms with Crippen LogP contribution >= 0.6 is 0 Å². The Morgan fingerprint density at radius 1 is 0.889 bits per heavy atom. The molecule has 2 aromatic carbocycles. The molecule has 6 nitrogen and oxygen atoms in total. The molecule has 2 aromatic rings. The molecule has 0 atom stereocenters. The summed E-state index contributed by atoms with van der Waals surface area (Å²) in [6.07, 6.45) is -0.500. The van der Waals surface area contributed by atoms with Crippen LogP contribution in [-0.4, -0.2) is 23.4 Å². The summed E-state index contributed by atoms with van der Waals surface area (Å²) in [5.41, 5.74) is 1.20. The zero-order chi connectivity index (χ0) is 20.0. The molecule has 0 bridgehead atoms. The second-order valence-corrected chi connectivity index (χ2v) is 7.02. The van der Waals surface area contributed by atoms with Gasteiger partial charge >= 0.3 is 12.1 Å². The van der Waals surface area contributed by atoms with Crippen molar-refractivity contribution in [1.82, 2.24) is 5.32 Å². The smallest absolute Gasteiger partial charge is 0.407 e. The van der Waals surface area contributed by atoms with Crippen molar-refractivity contribution in [3.05, 3.63) is 65.2 Å². The lowest BCUT2D eigenvalue weighted by Crippen LogP contribution is -2.32. The summed E-state index contributed by atoms with van der Waals surface area (Å²) in [5.74, 6) is -0.193. The Morgan fingerprint density at radius 2 is 1.44 bits per heavy atom. The average molecular weight is 369 g/mol. The summed E-state index contributed by atoms with van der Waals surface area (Å²) >= 11 is 0. The zero-order valence-corrected chi connectivity index (χ0v) is 15.9. The minimum atomic E-state index is -0.555. The molecule has 0 aromatic heterocycles. The van der Waals surface area contributed by atoms with Gasteiger partial charge in [-0.3, -0.25) is 4.79 Å². The lowest BCUT2D eigenvalue weighted by Gasteiger charge is -2.19. The maximum absolute atomic E-state index is 12.2. The van der Waals surface area contributed by atoms with Gasteiger partial charge in [-0.05, 0) is 69.7 Å². The van der Waals surface area contributed by atoms with Gasteiger partial charge in [0, 0.05) is 12.1 Å². The van der Waals surface area contributed by atoms with E-state index in [1.54, 1.807) is 69.3 Å². The molecule has 0 radical (unpaired) electrons. The maximum atomic E-state index is 12.2. The number of Topliss-reactive ketones (excluding diaryl/α,β-unsaturated/α-hetero) is 1. The van der Waals surface area contributed by atoms with E-state index in [0.717, 1.165) is 5.56 Å². The first-order valence-electron chi connectivity index (χ1n) is 8.53. The molecule has 0 saturated carbocycles. The highest BCUT2D eigenvalue weighted by atomic mass is 16.6. The quantitative estimate of drug-likeness (QED) is 0.487. The predicted octanol–water partition coefficient (Wildman–Crippen LogP) is 4.13. The fourth-order valence-electron chi connectivity index (χ4n) is 2.17. The van der Waals surface area contributed by atoms with Crippen LogP contribution in [0.5, 0.6) is 5.75 Å². The van der Waals surface area contributed by atoms with Crippen molar-refractivity contribution in [3.63, 3.8) is 0 Å². The van der Waals surface area contributed by atoms with E-state index in [4.69, 9.17) is 9.47 Å². The van der Waals surface area contributed by atoms with Gasteiger partial charge < -0.3 is 14.8 Å². The molecule has 0 aliphatic heterocycles. The van der Waals surface area contributed by atoms with Gasteiger partial charge in [-0.15, -0.1) is 0 Å². The lowest BCUT2D eigenvalue weighted by atomic mass is 10.1. The highest BCUT2D eigenvalue weighted by Gasteiger charge is 2.16. The molecule has 0 aliphatic rings. The van der Waals surface area contributed by atoms with E-state index >= 15 is 0 Å². The minimum absolute atomic E-state index is 0.0524. The van der Waals surface area contributed by atoms with Crippen molar-refractivity contribution >= 4 is 17.8 Å². The molecule has 0 heterocycles. The number of rotatable bonds is 5. The summed E-state index contributed by atoms with van der Waals surface area (Å²) in [7, 11) is 0. The van der Waals surface area contributed by atoms with E-state index in [1.807, 2.05) is 0 Å². The largest absolute Gasteiger partial charge is 0.444 e. The Balaban J connectivity index is 1.91. The first kappa shape index (κ1) is 20.2. The van der Waals surface area contributed by atoms with Crippen LogP contribution in [0, 0.1) is 0 Å². The molecule has 0 unspecified atom stereocenters. The van der Waals surface area contributed by atoms with Gasteiger partial charge in [0.1, 0.15) is 11.4 Å². The van der Waals surface area contributed by atoms with E-state index < -0.39 is 17.7 Å². The summed E-state index contributed by atoms with van der Waals surface area (Å²) in [6, 6.07) is 13.1. The molecule has 1 amide bonds. The first-order chi connectivity index (χ1) is 12.6. The number of ketones is 1. The molecule has 142 valence electrons. The molecular weight excluding hydrogens is 346 g/mol. The number of alkyl carbamates (subject to hydrolysis) is 1. The van der Waals surface area contributed by atoms with Gasteiger partial charge in [-0.25, -0.2) is 9.59 Å². The van der Waals surface area contributed by atoms with Crippen LogP contribution in [0.25, 0.3) is 0 Å². The van der Waals surface area contributed by atoms with Gasteiger partial charge in [0.2, 0.25) is 0 Å². The van der Waals surface area contributed by atoms with Crippen LogP contribution < -0.4 is 10.1 Å². The molecule has 0 spiro atoms. The van der Waals surface area contributed by atoms with Crippen molar-refractivity contribution < 1.29 is 23.9 Å². The molecule has 0 fully saturated rings. The monoisotopic (exact) mass is 369 g/mol. The molecule has 6 heteroatoms. The van der Waals surface area contributed by atoms with Crippen LogP contribution in [0.2, 0.25) is 0 Å². The number of carbonyl (C=O) groups excluding carboxylic acids is 3. The Labute approximate surface area is 158 Å². The van der Waals surface area contributed by atoms with Gasteiger partial charge in [-0.2, -0.15) is 0 Å². The van der Waals surface area contributed by atoms with Crippen LogP contribution in [0.3, 0.4) is 0 Å². The number of hydrogen-bond acceptors (Lipinski definition) is 5. The average Bonchev–Trinajstić information content (AvgIpc) is 2.59. The summed E-state index contributed by atoms with van der Waals surface area (Å²) in [6.45, 7) is 7.14. The van der Waals surface area contributed by atoms with Gasteiger partial charge in [0.25, 0.3) is 0 Å². The third-order valence-corrected chi connectivity index (χ3v) is 3.50. The van der Waals surface area contributed by atoms with E-state index in [0.29, 0.717) is 16.9 Å². The maximum Gasteiger partial charge on any atom is 0.407 e. The van der Waals surface area contributed by atoms with E-state index in [9.17, 15) is 14.4 Å². The second kappa shape index (κ2) is 8.49. The van der Waals surface area contributed by atoms with Crippen molar-refractivity contribution in [3.8, 4) is 5.75 Å². The summed E-state index contributed by atoms with van der Waals surface area (Å²) in [4.78, 5) is 35.1. The fourth-order valence-corrected chi connectivity index (χ4v) is 2.17. The topological polar surface area (TPSA) is 81.7 Å². The molecule has 0 aliphatic carbocycles. The number of benzene rings is 2. The Hall–Kier alpha value is -3.15. The van der Waals surface area contributed by atoms with Crippen molar-refractivity contribution in [2.45, 2.75) is 39.8 Å². The molecule has 2 rings (SSSR count). The number of carbonyl (C=O) groups is 3. The lowest BCUT2D eigenvalue weighted by molar-refractivity contribution is 0.0522. The number of nitrogens with one attached hydrogen (secondary N) is 1. The third kappa shape index (κ3) is 6.58. The number of amides is 1. The first-order valence-corrected chi connectivity index (χ1v) is 8.53. The van der Waals surface area contributed by atoms with Crippen molar-refractivity contribution in [2.75, 3.05) is 0 Å². The van der Waals surface area contributed by atoms with Crippen LogP contribution in [0.15, 0.2) is 48.5 Å². The highest BCUT2D eigenvalue weighted by Crippen LogP contribution is 2.15. The van der Waals surface area contributed by atoms with Gasteiger partial charge in [0.05, 0.1) is 5.56 Å². The van der Waals surface area contributed by atoms with E-state index in [-0.39, 0.29) is 12.3 Å². The highest BCUT2D eigenvalue weighted by molar-refractivity contribution is 5.94. The van der Waals surface area contributed by atoms with Crippen molar-refractivity contribution in [2.24, 2.45) is 0 Å². The van der Waals surface area contributed by atoms with Crippen LogP contribution in [-0.2, 0) is 11.3 Å². The third-order valence-electron chi connectivity index (χ3n) is 3.50. The summed E-state index contributed by atoms with van der Waals surface area (Å²) in [5, 5.41) is 2.65. The molecule has 0 saturated heterocycles.